The van der Waals surface area contributed by atoms with Gasteiger partial charge in [-0.25, -0.2) is 4.79 Å². The monoisotopic (exact) mass is 353 g/mol. The molecule has 0 unspecified atom stereocenters. The smallest absolute Gasteiger partial charge is 0.356 e. The molecule has 1 aliphatic rings. The fourth-order valence-electron chi connectivity index (χ4n) is 2.86. The first kappa shape index (κ1) is 16.0. The van der Waals surface area contributed by atoms with Crippen molar-refractivity contribution in [2.75, 3.05) is 6.54 Å². The molecule has 4 rings (SSSR count). The van der Waals surface area contributed by atoms with Gasteiger partial charge >= 0.3 is 5.97 Å². The Morgan fingerprint density at radius 3 is 2.81 bits per heavy atom. The standard InChI is InChI=1S/C17H15N5O4/c23-16-13-9-12(17(24)25)19-22(13)7-6-21(16)10-15-18-14(20-26-15)8-11-4-2-1-3-5-11/h1-5,9H,6-8,10H2,(H,24,25). The van der Waals surface area contributed by atoms with Crippen LogP contribution < -0.4 is 0 Å². The second kappa shape index (κ2) is 6.43. The van der Waals surface area contributed by atoms with Crippen LogP contribution >= 0.6 is 0 Å². The van der Waals surface area contributed by atoms with Gasteiger partial charge in [0.15, 0.2) is 11.5 Å². The van der Waals surface area contributed by atoms with Crippen molar-refractivity contribution in [2.24, 2.45) is 0 Å². The van der Waals surface area contributed by atoms with E-state index in [0.717, 1.165) is 5.56 Å². The number of carboxylic acids is 1. The molecule has 26 heavy (non-hydrogen) atoms. The normalized spacial score (nSPS) is 13.7. The number of rotatable bonds is 5. The Hall–Kier alpha value is -3.49. The van der Waals surface area contributed by atoms with E-state index in [-0.39, 0.29) is 23.8 Å². The molecule has 1 aliphatic heterocycles. The summed E-state index contributed by atoms with van der Waals surface area (Å²) in [4.78, 5) is 29.4. The Morgan fingerprint density at radius 2 is 2.04 bits per heavy atom. The Labute approximate surface area is 147 Å². The highest BCUT2D eigenvalue weighted by molar-refractivity contribution is 5.96. The summed E-state index contributed by atoms with van der Waals surface area (Å²) >= 11 is 0. The molecular weight excluding hydrogens is 338 g/mol. The molecule has 0 saturated heterocycles. The second-order valence-electron chi connectivity index (χ2n) is 5.94. The van der Waals surface area contributed by atoms with E-state index in [1.807, 2.05) is 30.3 Å². The Bertz CT molecular complexity index is 963. The molecule has 2 aromatic heterocycles. The predicted octanol–water partition coefficient (Wildman–Crippen LogP) is 1.21. The van der Waals surface area contributed by atoms with Gasteiger partial charge in [-0.3, -0.25) is 9.48 Å². The van der Waals surface area contributed by atoms with E-state index in [2.05, 4.69) is 15.2 Å². The lowest BCUT2D eigenvalue weighted by Crippen LogP contribution is -2.39. The summed E-state index contributed by atoms with van der Waals surface area (Å²) in [6.07, 6.45) is 0.549. The molecule has 1 N–H and O–H groups in total. The van der Waals surface area contributed by atoms with Gasteiger partial charge in [0, 0.05) is 19.0 Å². The zero-order chi connectivity index (χ0) is 18.1. The van der Waals surface area contributed by atoms with Crippen molar-refractivity contribution < 1.29 is 19.2 Å². The number of fused-ring (bicyclic) bond motifs is 1. The summed E-state index contributed by atoms with van der Waals surface area (Å²) < 4.78 is 6.66. The van der Waals surface area contributed by atoms with Gasteiger partial charge in [0.25, 0.3) is 5.91 Å². The topological polar surface area (TPSA) is 114 Å². The lowest BCUT2D eigenvalue weighted by molar-refractivity contribution is 0.0656. The van der Waals surface area contributed by atoms with E-state index in [1.54, 1.807) is 4.90 Å². The van der Waals surface area contributed by atoms with Crippen molar-refractivity contribution in [2.45, 2.75) is 19.5 Å². The number of aromatic carboxylic acids is 1. The molecule has 0 bridgehead atoms. The van der Waals surface area contributed by atoms with Gasteiger partial charge in [-0.05, 0) is 5.56 Å². The first-order valence-electron chi connectivity index (χ1n) is 8.06. The fraction of sp³-hybridized carbons (Fsp3) is 0.235. The highest BCUT2D eigenvalue weighted by Crippen LogP contribution is 2.16. The lowest BCUT2D eigenvalue weighted by atomic mass is 10.1. The van der Waals surface area contributed by atoms with Gasteiger partial charge in [0.2, 0.25) is 5.89 Å². The number of hydrogen-bond donors (Lipinski definition) is 1. The fourth-order valence-corrected chi connectivity index (χ4v) is 2.86. The van der Waals surface area contributed by atoms with Crippen LogP contribution in [0.25, 0.3) is 0 Å². The summed E-state index contributed by atoms with van der Waals surface area (Å²) in [5, 5.41) is 16.9. The molecule has 1 amide bonds. The Morgan fingerprint density at radius 1 is 1.23 bits per heavy atom. The van der Waals surface area contributed by atoms with Crippen LogP contribution in [0.2, 0.25) is 0 Å². The van der Waals surface area contributed by atoms with Gasteiger partial charge in [-0.2, -0.15) is 10.1 Å². The maximum atomic E-state index is 12.5. The van der Waals surface area contributed by atoms with Crippen molar-refractivity contribution >= 4 is 11.9 Å². The number of carboxylic acid groups (broad SMARTS) is 1. The lowest BCUT2D eigenvalue weighted by Gasteiger charge is -2.25. The average Bonchev–Trinajstić information content (AvgIpc) is 3.26. The maximum Gasteiger partial charge on any atom is 0.356 e. The molecule has 0 saturated carbocycles. The number of carbonyl (C=O) groups is 2. The number of carbonyl (C=O) groups excluding carboxylic acids is 1. The third-order valence-corrected chi connectivity index (χ3v) is 4.13. The second-order valence-corrected chi connectivity index (χ2v) is 5.94. The molecular formula is C17H15N5O4. The molecule has 9 heteroatoms. The number of aromatic nitrogens is 4. The predicted molar refractivity (Wildman–Crippen MR) is 87.5 cm³/mol. The van der Waals surface area contributed by atoms with Crippen LogP contribution in [0.15, 0.2) is 40.9 Å². The molecule has 0 fully saturated rings. The number of nitrogens with zero attached hydrogens (tertiary/aromatic N) is 5. The number of amides is 1. The van der Waals surface area contributed by atoms with E-state index in [1.165, 1.54) is 10.7 Å². The van der Waals surface area contributed by atoms with E-state index in [9.17, 15) is 9.59 Å². The van der Waals surface area contributed by atoms with Crippen molar-refractivity contribution in [3.63, 3.8) is 0 Å². The quantitative estimate of drug-likeness (QED) is 0.733. The Balaban J connectivity index is 1.46. The molecule has 3 heterocycles. The zero-order valence-electron chi connectivity index (χ0n) is 13.7. The SMILES string of the molecule is O=C(O)c1cc2n(n1)CCN(Cc1nc(Cc3ccccc3)no1)C2=O. The van der Waals surface area contributed by atoms with Gasteiger partial charge in [0.05, 0.1) is 6.54 Å². The third kappa shape index (κ3) is 3.06. The minimum Gasteiger partial charge on any atom is -0.476 e. The van der Waals surface area contributed by atoms with E-state index < -0.39 is 5.97 Å². The van der Waals surface area contributed by atoms with Gasteiger partial charge in [0.1, 0.15) is 12.2 Å². The van der Waals surface area contributed by atoms with E-state index in [4.69, 9.17) is 9.63 Å². The van der Waals surface area contributed by atoms with E-state index in [0.29, 0.717) is 31.2 Å². The largest absolute Gasteiger partial charge is 0.476 e. The zero-order valence-corrected chi connectivity index (χ0v) is 13.7. The van der Waals surface area contributed by atoms with Crippen LogP contribution in [0, 0.1) is 0 Å². The molecule has 0 aliphatic carbocycles. The van der Waals surface area contributed by atoms with Gasteiger partial charge in [-0.1, -0.05) is 35.5 Å². The molecule has 3 aromatic rings. The average molecular weight is 353 g/mol. The summed E-state index contributed by atoms with van der Waals surface area (Å²) in [5.41, 5.74) is 1.18. The van der Waals surface area contributed by atoms with Crippen molar-refractivity contribution in [3.05, 3.63) is 65.1 Å². The molecule has 0 atom stereocenters. The molecule has 9 nitrogen and oxygen atoms in total. The minimum absolute atomic E-state index is 0.141. The molecule has 0 spiro atoms. The highest BCUT2D eigenvalue weighted by atomic mass is 16.5. The van der Waals surface area contributed by atoms with E-state index >= 15 is 0 Å². The van der Waals surface area contributed by atoms with Crippen molar-refractivity contribution in [3.8, 4) is 0 Å². The van der Waals surface area contributed by atoms with Gasteiger partial charge < -0.3 is 14.5 Å². The minimum atomic E-state index is -1.16. The molecule has 1 aromatic carbocycles. The van der Waals surface area contributed by atoms with Crippen LogP contribution in [0.4, 0.5) is 0 Å². The van der Waals surface area contributed by atoms with Crippen LogP contribution in [0.3, 0.4) is 0 Å². The van der Waals surface area contributed by atoms with Crippen LogP contribution in [-0.4, -0.2) is 48.3 Å². The molecule has 132 valence electrons. The summed E-state index contributed by atoms with van der Waals surface area (Å²) in [6, 6.07) is 11.1. The van der Waals surface area contributed by atoms with Crippen LogP contribution in [-0.2, 0) is 19.5 Å². The van der Waals surface area contributed by atoms with Crippen LogP contribution in [0.5, 0.6) is 0 Å². The highest BCUT2D eigenvalue weighted by Gasteiger charge is 2.29. The van der Waals surface area contributed by atoms with Crippen molar-refractivity contribution in [1.29, 1.82) is 0 Å². The summed E-state index contributed by atoms with van der Waals surface area (Å²) in [5.74, 6) is -0.572. The third-order valence-electron chi connectivity index (χ3n) is 4.13. The summed E-state index contributed by atoms with van der Waals surface area (Å²) in [6.45, 7) is 0.983. The first-order chi connectivity index (χ1) is 12.6. The molecule has 0 radical (unpaired) electrons. The van der Waals surface area contributed by atoms with Crippen molar-refractivity contribution in [1.82, 2.24) is 24.8 Å². The first-order valence-corrected chi connectivity index (χ1v) is 8.06. The maximum absolute atomic E-state index is 12.5. The number of hydrogen-bond acceptors (Lipinski definition) is 6. The number of benzene rings is 1. The van der Waals surface area contributed by atoms with Crippen LogP contribution in [0.1, 0.15) is 38.3 Å². The summed E-state index contributed by atoms with van der Waals surface area (Å²) in [7, 11) is 0. The van der Waals surface area contributed by atoms with Gasteiger partial charge in [-0.15, -0.1) is 0 Å². The Kier molecular flexibility index (Phi) is 3.96.